The minimum atomic E-state index is -1.04. The number of nitrogens with two attached hydrogens (primary N) is 1. The Kier molecular flexibility index (Phi) is 5.27. The van der Waals surface area contributed by atoms with Crippen LogP contribution in [0.1, 0.15) is 22.6 Å². The van der Waals surface area contributed by atoms with Gasteiger partial charge in [-0.05, 0) is 25.0 Å². The molecular weight excluding hydrogens is 228 g/mol. The van der Waals surface area contributed by atoms with E-state index in [4.69, 9.17) is 10.8 Å². The van der Waals surface area contributed by atoms with Crippen molar-refractivity contribution >= 4 is 17.7 Å². The summed E-state index contributed by atoms with van der Waals surface area (Å²) in [5.41, 5.74) is 6.09. The summed E-state index contributed by atoms with van der Waals surface area (Å²) in [5.74, 6) is -0.0239. The van der Waals surface area contributed by atoms with Crippen molar-refractivity contribution in [3.8, 4) is 0 Å². The van der Waals surface area contributed by atoms with Gasteiger partial charge in [-0.2, -0.15) is 11.8 Å². The van der Waals surface area contributed by atoms with Gasteiger partial charge in [0.1, 0.15) is 0 Å². The normalized spacial score (nSPS) is 10.6. The number of aryl methyl sites for hydroxylation is 1. The summed E-state index contributed by atoms with van der Waals surface area (Å²) < 4.78 is 1.65. The van der Waals surface area contributed by atoms with Gasteiger partial charge >= 0.3 is 5.97 Å². The Bertz CT molecular complexity index is 353. The molecule has 0 aromatic carbocycles. The smallest absolute Gasteiger partial charge is 0.358 e. The first-order chi connectivity index (χ1) is 7.70. The number of carboxylic acids is 1. The van der Waals surface area contributed by atoms with Crippen molar-refractivity contribution in [2.75, 3.05) is 18.6 Å². The zero-order valence-electron chi connectivity index (χ0n) is 9.22. The van der Waals surface area contributed by atoms with E-state index in [2.05, 4.69) is 10.3 Å². The number of carboxylic acid groups (broad SMARTS) is 1. The molecule has 0 fully saturated rings. The highest BCUT2D eigenvalue weighted by molar-refractivity contribution is 7.98. The van der Waals surface area contributed by atoms with E-state index in [1.54, 1.807) is 16.4 Å². The lowest BCUT2D eigenvalue weighted by Gasteiger charge is -2.05. The van der Waals surface area contributed by atoms with Crippen LogP contribution in [0.15, 0.2) is 0 Å². The van der Waals surface area contributed by atoms with Crippen molar-refractivity contribution in [1.82, 2.24) is 15.0 Å². The van der Waals surface area contributed by atoms with Gasteiger partial charge in [0, 0.05) is 13.0 Å². The van der Waals surface area contributed by atoms with Crippen molar-refractivity contribution in [2.24, 2.45) is 5.73 Å². The highest BCUT2D eigenvalue weighted by atomic mass is 32.2. The van der Waals surface area contributed by atoms with E-state index in [0.717, 1.165) is 12.2 Å². The molecule has 1 aromatic heterocycles. The summed E-state index contributed by atoms with van der Waals surface area (Å²) in [7, 11) is 0. The molecule has 1 aromatic rings. The molecule has 0 bridgehead atoms. The molecule has 0 aliphatic heterocycles. The Morgan fingerprint density at radius 1 is 1.62 bits per heavy atom. The van der Waals surface area contributed by atoms with Gasteiger partial charge in [-0.15, -0.1) is 5.10 Å². The van der Waals surface area contributed by atoms with Crippen LogP contribution in [0, 0.1) is 0 Å². The summed E-state index contributed by atoms with van der Waals surface area (Å²) in [6.07, 6.45) is 3.47. The van der Waals surface area contributed by atoms with E-state index in [0.29, 0.717) is 25.2 Å². The van der Waals surface area contributed by atoms with Gasteiger partial charge < -0.3 is 10.8 Å². The van der Waals surface area contributed by atoms with E-state index in [1.165, 1.54) is 0 Å². The summed E-state index contributed by atoms with van der Waals surface area (Å²) >= 11 is 1.75. The fraction of sp³-hybridized carbons (Fsp3) is 0.667. The molecule has 3 N–H and O–H groups in total. The number of hydrogen-bond acceptors (Lipinski definition) is 5. The third kappa shape index (κ3) is 3.21. The highest BCUT2D eigenvalue weighted by Crippen LogP contribution is 2.08. The Morgan fingerprint density at radius 2 is 2.38 bits per heavy atom. The molecule has 0 spiro atoms. The predicted molar refractivity (Wildman–Crippen MR) is 62.7 cm³/mol. The summed E-state index contributed by atoms with van der Waals surface area (Å²) in [5, 5.41) is 16.4. The van der Waals surface area contributed by atoms with Crippen LogP contribution in [0.4, 0.5) is 0 Å². The Balaban J connectivity index is 2.78. The highest BCUT2D eigenvalue weighted by Gasteiger charge is 2.17. The topological polar surface area (TPSA) is 94.0 Å². The number of nitrogens with zero attached hydrogens (tertiary/aromatic N) is 3. The molecule has 0 atom stereocenters. The molecule has 0 saturated heterocycles. The third-order valence-electron chi connectivity index (χ3n) is 2.14. The second kappa shape index (κ2) is 6.49. The molecule has 1 rings (SSSR count). The van der Waals surface area contributed by atoms with Gasteiger partial charge in [-0.25, -0.2) is 9.48 Å². The molecule has 16 heavy (non-hydrogen) atoms. The number of aromatic nitrogens is 3. The van der Waals surface area contributed by atoms with E-state index >= 15 is 0 Å². The third-order valence-corrected chi connectivity index (χ3v) is 2.84. The maximum atomic E-state index is 10.9. The van der Waals surface area contributed by atoms with Gasteiger partial charge in [-0.3, -0.25) is 0 Å². The molecule has 6 nitrogen and oxygen atoms in total. The molecule has 90 valence electrons. The lowest BCUT2D eigenvalue weighted by molar-refractivity contribution is 0.0689. The summed E-state index contributed by atoms with van der Waals surface area (Å²) in [6.45, 7) is 1.09. The lowest BCUT2D eigenvalue weighted by Crippen LogP contribution is -2.13. The van der Waals surface area contributed by atoms with Crippen molar-refractivity contribution in [2.45, 2.75) is 19.4 Å². The monoisotopic (exact) mass is 244 g/mol. The predicted octanol–water partition coefficient (Wildman–Crippen LogP) is 0.231. The lowest BCUT2D eigenvalue weighted by atomic mass is 10.2. The van der Waals surface area contributed by atoms with E-state index in [1.807, 2.05) is 6.26 Å². The van der Waals surface area contributed by atoms with Crippen LogP contribution in [-0.2, 0) is 13.0 Å². The number of carbonyl (C=O) groups is 1. The average Bonchev–Trinajstić information content (AvgIpc) is 2.63. The first-order valence-electron chi connectivity index (χ1n) is 5.05. The molecule has 7 heteroatoms. The number of thioether (sulfide) groups is 1. The molecule has 0 radical (unpaired) electrons. The fourth-order valence-corrected chi connectivity index (χ4v) is 1.84. The molecular formula is C9H16N4O2S. The maximum absolute atomic E-state index is 10.9. The van der Waals surface area contributed by atoms with Crippen LogP contribution >= 0.6 is 11.8 Å². The minimum absolute atomic E-state index is 0.0228. The second-order valence-corrected chi connectivity index (χ2v) is 4.28. The van der Waals surface area contributed by atoms with Crippen LogP contribution in [0.5, 0.6) is 0 Å². The minimum Gasteiger partial charge on any atom is -0.476 e. The molecule has 0 aliphatic rings. The quantitative estimate of drug-likeness (QED) is 0.667. The summed E-state index contributed by atoms with van der Waals surface area (Å²) in [6, 6.07) is 0. The van der Waals surface area contributed by atoms with Crippen LogP contribution in [0.2, 0.25) is 0 Å². The van der Waals surface area contributed by atoms with Crippen LogP contribution in [0.25, 0.3) is 0 Å². The first-order valence-corrected chi connectivity index (χ1v) is 6.44. The molecule has 0 aliphatic carbocycles. The SMILES string of the molecule is CSCCCn1nnc(C(=O)O)c1CCN. The van der Waals surface area contributed by atoms with Crippen molar-refractivity contribution in [3.05, 3.63) is 11.4 Å². The Labute approximate surface area is 98.2 Å². The molecule has 0 saturated carbocycles. The second-order valence-electron chi connectivity index (χ2n) is 3.30. The van der Waals surface area contributed by atoms with Crippen molar-refractivity contribution in [1.29, 1.82) is 0 Å². The molecule has 0 unspecified atom stereocenters. The van der Waals surface area contributed by atoms with Crippen molar-refractivity contribution in [3.63, 3.8) is 0 Å². The Morgan fingerprint density at radius 3 is 2.94 bits per heavy atom. The number of hydrogen-bond donors (Lipinski definition) is 2. The zero-order valence-corrected chi connectivity index (χ0v) is 10.0. The number of aromatic carboxylic acids is 1. The maximum Gasteiger partial charge on any atom is 0.358 e. The van der Waals surface area contributed by atoms with E-state index in [-0.39, 0.29) is 5.69 Å². The number of rotatable bonds is 7. The fourth-order valence-electron chi connectivity index (χ4n) is 1.42. The van der Waals surface area contributed by atoms with Crippen LogP contribution in [0.3, 0.4) is 0 Å². The largest absolute Gasteiger partial charge is 0.476 e. The van der Waals surface area contributed by atoms with Gasteiger partial charge in [0.25, 0.3) is 0 Å². The first kappa shape index (κ1) is 13.0. The molecule has 1 heterocycles. The van der Waals surface area contributed by atoms with E-state index in [9.17, 15) is 4.79 Å². The van der Waals surface area contributed by atoms with Crippen LogP contribution < -0.4 is 5.73 Å². The van der Waals surface area contributed by atoms with Crippen LogP contribution in [-0.4, -0.2) is 44.6 Å². The molecule has 0 amide bonds. The van der Waals surface area contributed by atoms with Gasteiger partial charge in [0.05, 0.1) is 5.69 Å². The summed E-state index contributed by atoms with van der Waals surface area (Å²) in [4.78, 5) is 10.9. The average molecular weight is 244 g/mol. The van der Waals surface area contributed by atoms with Gasteiger partial charge in [0.15, 0.2) is 5.69 Å². The van der Waals surface area contributed by atoms with Gasteiger partial charge in [0.2, 0.25) is 0 Å². The van der Waals surface area contributed by atoms with Crippen molar-refractivity contribution < 1.29 is 9.90 Å². The Hall–Kier alpha value is -1.08. The van der Waals surface area contributed by atoms with Gasteiger partial charge in [-0.1, -0.05) is 5.21 Å². The zero-order chi connectivity index (χ0) is 12.0. The standard InChI is InChI=1S/C9H16N4O2S/c1-16-6-2-5-13-7(3-4-10)8(9(14)15)11-12-13/h2-6,10H2,1H3,(H,14,15). The van der Waals surface area contributed by atoms with E-state index < -0.39 is 5.97 Å².